The van der Waals surface area contributed by atoms with E-state index in [0.717, 1.165) is 5.56 Å². The highest BCUT2D eigenvalue weighted by molar-refractivity contribution is 6.53. The summed E-state index contributed by atoms with van der Waals surface area (Å²) in [6, 6.07) is 1.51. The van der Waals surface area contributed by atoms with Gasteiger partial charge >= 0.3 is 5.97 Å². The number of hydrogen-bond donors (Lipinski definition) is 1. The molecular formula is C11H18O4Si. The van der Waals surface area contributed by atoms with Crippen molar-refractivity contribution in [2.75, 3.05) is 0 Å². The van der Waals surface area contributed by atoms with Gasteiger partial charge in [-0.15, -0.1) is 0 Å². The molecule has 1 unspecified atom stereocenters. The molecule has 4 nitrogen and oxygen atoms in total. The molecule has 0 saturated carbocycles. The molecule has 5 heteroatoms. The molecule has 0 aliphatic rings. The fourth-order valence-corrected chi connectivity index (χ4v) is 1.98. The number of furan rings is 1. The van der Waals surface area contributed by atoms with Crippen molar-refractivity contribution in [3.63, 3.8) is 0 Å². The molecule has 0 aliphatic carbocycles. The quantitative estimate of drug-likeness (QED) is 0.825. The number of aromatic carboxylic acids is 1. The first kappa shape index (κ1) is 13.0. The smallest absolute Gasteiger partial charge is 0.371 e. The average molecular weight is 242 g/mol. The highest BCUT2D eigenvalue weighted by Crippen LogP contribution is 2.27. The zero-order chi connectivity index (χ0) is 12.3. The molecular weight excluding hydrogens is 224 g/mol. The van der Waals surface area contributed by atoms with Crippen molar-refractivity contribution in [3.05, 3.63) is 23.7 Å². The van der Waals surface area contributed by atoms with E-state index >= 15 is 0 Å². The molecule has 0 aromatic carbocycles. The number of rotatable bonds is 4. The first-order valence-corrected chi connectivity index (χ1v) is 7.43. The van der Waals surface area contributed by atoms with Gasteiger partial charge in [0.2, 0.25) is 5.76 Å². The summed E-state index contributed by atoms with van der Waals surface area (Å²) >= 11 is 0. The molecule has 0 amide bonds. The van der Waals surface area contributed by atoms with Crippen LogP contribution in [0.5, 0.6) is 0 Å². The van der Waals surface area contributed by atoms with E-state index in [9.17, 15) is 4.79 Å². The van der Waals surface area contributed by atoms with Crippen LogP contribution in [0.3, 0.4) is 0 Å². The predicted octanol–water partition coefficient (Wildman–Crippen LogP) is 2.65. The molecule has 0 spiro atoms. The summed E-state index contributed by atoms with van der Waals surface area (Å²) < 4.78 is 10.7. The molecule has 1 N–H and O–H groups in total. The zero-order valence-corrected chi connectivity index (χ0v) is 11.3. The third-order valence-electron chi connectivity index (χ3n) is 2.58. The average Bonchev–Trinajstić information content (AvgIpc) is 2.60. The van der Waals surface area contributed by atoms with Crippen molar-refractivity contribution in [1.29, 1.82) is 0 Å². The van der Waals surface area contributed by atoms with Crippen molar-refractivity contribution < 1.29 is 18.7 Å². The number of carbonyl (C=O) groups is 1. The first-order valence-electron chi connectivity index (χ1n) is 5.23. The van der Waals surface area contributed by atoms with Crippen molar-refractivity contribution in [1.82, 2.24) is 0 Å². The van der Waals surface area contributed by atoms with Crippen LogP contribution in [0.2, 0.25) is 11.6 Å². The van der Waals surface area contributed by atoms with E-state index in [0.29, 0.717) is 6.61 Å². The minimum atomic E-state index is -1.26. The largest absolute Gasteiger partial charge is 0.475 e. The zero-order valence-electron chi connectivity index (χ0n) is 10.1. The maximum Gasteiger partial charge on any atom is 0.371 e. The maximum absolute atomic E-state index is 10.6. The van der Waals surface area contributed by atoms with Crippen LogP contribution in [0.1, 0.15) is 36.9 Å². The molecule has 0 fully saturated rings. The van der Waals surface area contributed by atoms with Crippen LogP contribution >= 0.6 is 0 Å². The van der Waals surface area contributed by atoms with Crippen LogP contribution in [-0.2, 0) is 11.0 Å². The van der Waals surface area contributed by atoms with Gasteiger partial charge in [0.1, 0.15) is 0 Å². The van der Waals surface area contributed by atoms with Crippen molar-refractivity contribution in [2.24, 2.45) is 0 Å². The molecule has 1 rings (SSSR count). The lowest BCUT2D eigenvalue weighted by atomic mass is 10.3. The molecule has 16 heavy (non-hydrogen) atoms. The normalized spacial score (nSPS) is 13.8. The van der Waals surface area contributed by atoms with Gasteiger partial charge in [-0.05, 0) is 17.7 Å². The summed E-state index contributed by atoms with van der Waals surface area (Å²) in [7, 11) is -1.26. The molecule has 1 atom stereocenters. The van der Waals surface area contributed by atoms with Crippen molar-refractivity contribution in [2.45, 2.75) is 39.0 Å². The Balaban J connectivity index is 2.52. The molecule has 0 aliphatic heterocycles. The molecule has 0 bridgehead atoms. The Morgan fingerprint density at radius 3 is 2.62 bits per heavy atom. The maximum atomic E-state index is 10.6. The van der Waals surface area contributed by atoms with Crippen LogP contribution in [-0.4, -0.2) is 20.1 Å². The van der Waals surface area contributed by atoms with Gasteiger partial charge in [0.15, 0.2) is 9.04 Å². The molecule has 1 aromatic heterocycles. The number of carboxylic acid groups (broad SMARTS) is 1. The fraction of sp³-hybridized carbons (Fsp3) is 0.545. The van der Waals surface area contributed by atoms with Gasteiger partial charge in [-0.1, -0.05) is 20.8 Å². The van der Waals surface area contributed by atoms with Gasteiger partial charge in [0, 0.05) is 5.56 Å². The van der Waals surface area contributed by atoms with Gasteiger partial charge in [-0.3, -0.25) is 0 Å². The molecule has 1 heterocycles. The van der Waals surface area contributed by atoms with Gasteiger partial charge in [-0.25, -0.2) is 4.79 Å². The number of hydrogen-bond acceptors (Lipinski definition) is 3. The third kappa shape index (κ3) is 3.50. The summed E-state index contributed by atoms with van der Waals surface area (Å²) in [6.07, 6.45) is 1.44. The molecule has 90 valence electrons. The van der Waals surface area contributed by atoms with Crippen LogP contribution in [0, 0.1) is 0 Å². The van der Waals surface area contributed by atoms with E-state index in [1.807, 2.05) is 0 Å². The minimum Gasteiger partial charge on any atom is -0.475 e. The van der Waals surface area contributed by atoms with Gasteiger partial charge in [-0.2, -0.15) is 0 Å². The van der Waals surface area contributed by atoms with Crippen LogP contribution in [0.15, 0.2) is 16.7 Å². The Kier molecular flexibility index (Phi) is 3.93. The Labute approximate surface area is 97.0 Å². The summed E-state index contributed by atoms with van der Waals surface area (Å²) in [5, 5.41) is 8.89. The minimum absolute atomic E-state index is 0.0383. The Hall–Kier alpha value is -1.07. The van der Waals surface area contributed by atoms with Crippen LogP contribution in [0.25, 0.3) is 0 Å². The van der Waals surface area contributed by atoms with E-state index in [1.54, 1.807) is 0 Å². The Morgan fingerprint density at radius 1 is 1.56 bits per heavy atom. The van der Waals surface area contributed by atoms with E-state index in [4.69, 9.17) is 13.9 Å². The van der Waals surface area contributed by atoms with Gasteiger partial charge in [0.05, 0.1) is 12.9 Å². The van der Waals surface area contributed by atoms with Crippen molar-refractivity contribution in [3.8, 4) is 0 Å². The van der Waals surface area contributed by atoms with E-state index in [1.165, 1.54) is 12.3 Å². The topological polar surface area (TPSA) is 59.7 Å². The van der Waals surface area contributed by atoms with E-state index in [2.05, 4.69) is 27.3 Å². The van der Waals surface area contributed by atoms with Crippen LogP contribution < -0.4 is 0 Å². The number of carboxylic acids is 1. The molecule has 1 aromatic rings. The Bertz CT molecular complexity index is 364. The summed E-state index contributed by atoms with van der Waals surface area (Å²) in [4.78, 5) is 10.6. The van der Waals surface area contributed by atoms with Gasteiger partial charge in [0.25, 0.3) is 0 Å². The second-order valence-corrected chi connectivity index (χ2v) is 8.29. The summed E-state index contributed by atoms with van der Waals surface area (Å²) in [6.45, 7) is 9.03. The lowest BCUT2D eigenvalue weighted by molar-refractivity contribution is 0.0662. The van der Waals surface area contributed by atoms with Gasteiger partial charge < -0.3 is 13.9 Å². The lowest BCUT2D eigenvalue weighted by Crippen LogP contribution is -2.25. The molecule has 0 radical (unpaired) electrons. The third-order valence-corrected chi connectivity index (χ3v) is 5.69. The highest BCUT2D eigenvalue weighted by Gasteiger charge is 2.23. The predicted molar refractivity (Wildman–Crippen MR) is 63.2 cm³/mol. The second kappa shape index (κ2) is 4.84. The monoisotopic (exact) mass is 242 g/mol. The highest BCUT2D eigenvalue weighted by atomic mass is 28.3. The molecule has 0 saturated heterocycles. The summed E-state index contributed by atoms with van der Waals surface area (Å²) in [5.74, 6) is -1.09. The van der Waals surface area contributed by atoms with E-state index < -0.39 is 15.0 Å². The first-order chi connectivity index (χ1) is 7.30. The second-order valence-electron chi connectivity index (χ2n) is 4.94. The summed E-state index contributed by atoms with van der Waals surface area (Å²) in [5.41, 5.74) is 0.779. The SMILES string of the molecule is C[SiH](OCc1coc(C(=O)O)c1)C(C)(C)C. The standard InChI is InChI=1S/C11H18O4Si/c1-11(2,3)16(4)15-7-8-5-9(10(12)13)14-6-8/h5-6,16H,7H2,1-4H3,(H,12,13). The Morgan fingerprint density at radius 2 is 2.19 bits per heavy atom. The van der Waals surface area contributed by atoms with Crippen LogP contribution in [0.4, 0.5) is 0 Å². The fourth-order valence-electron chi connectivity index (χ4n) is 1.03. The lowest BCUT2D eigenvalue weighted by Gasteiger charge is -2.25. The van der Waals surface area contributed by atoms with Crippen molar-refractivity contribution >= 4 is 15.0 Å². The van der Waals surface area contributed by atoms with E-state index in [-0.39, 0.29) is 10.8 Å².